The minimum atomic E-state index is 0.282. The summed E-state index contributed by atoms with van der Waals surface area (Å²) in [7, 11) is 3.25. The first kappa shape index (κ1) is 17.9. The van der Waals surface area contributed by atoms with E-state index in [2.05, 4.69) is 18.2 Å². The lowest BCUT2D eigenvalue weighted by molar-refractivity contribution is 0.355. The van der Waals surface area contributed by atoms with Gasteiger partial charge in [-0.05, 0) is 60.3 Å². The fourth-order valence-corrected chi connectivity index (χ4v) is 3.37. The normalized spacial score (nSPS) is 10.8. The molecule has 0 amide bonds. The molecule has 0 aliphatic carbocycles. The molecule has 0 fully saturated rings. The molecule has 28 heavy (non-hydrogen) atoms. The first-order valence-corrected chi connectivity index (χ1v) is 9.03. The average molecular weight is 371 g/mol. The van der Waals surface area contributed by atoms with Gasteiger partial charge in [-0.2, -0.15) is 0 Å². The smallest absolute Gasteiger partial charge is 0.161 e. The SMILES string of the molecule is COc1ccc(-c2cc3ccccc3c(-c3ccc(O)c(C)c3)n2)cc1OC. The van der Waals surface area contributed by atoms with Crippen LogP contribution in [0.2, 0.25) is 0 Å². The first-order chi connectivity index (χ1) is 13.6. The van der Waals surface area contributed by atoms with Crippen LogP contribution in [0.1, 0.15) is 5.56 Å². The van der Waals surface area contributed by atoms with Crippen molar-refractivity contribution < 1.29 is 14.6 Å². The Bertz CT molecular complexity index is 1170. The van der Waals surface area contributed by atoms with E-state index in [9.17, 15) is 5.11 Å². The number of hydrogen-bond acceptors (Lipinski definition) is 4. The lowest BCUT2D eigenvalue weighted by Gasteiger charge is -2.13. The van der Waals surface area contributed by atoms with E-state index < -0.39 is 0 Å². The van der Waals surface area contributed by atoms with E-state index in [0.717, 1.165) is 38.9 Å². The van der Waals surface area contributed by atoms with Crippen LogP contribution in [0, 0.1) is 6.92 Å². The summed E-state index contributed by atoms with van der Waals surface area (Å²) >= 11 is 0. The minimum Gasteiger partial charge on any atom is -0.508 e. The molecular formula is C24H21NO3. The number of hydrogen-bond donors (Lipinski definition) is 1. The quantitative estimate of drug-likeness (QED) is 0.507. The molecule has 0 saturated heterocycles. The summed E-state index contributed by atoms with van der Waals surface area (Å²) in [5.74, 6) is 1.63. The van der Waals surface area contributed by atoms with Crippen LogP contribution < -0.4 is 9.47 Å². The lowest BCUT2D eigenvalue weighted by atomic mass is 9.99. The lowest BCUT2D eigenvalue weighted by Crippen LogP contribution is -1.94. The monoisotopic (exact) mass is 371 g/mol. The van der Waals surface area contributed by atoms with Crippen molar-refractivity contribution in [3.63, 3.8) is 0 Å². The van der Waals surface area contributed by atoms with Crippen LogP contribution in [0.25, 0.3) is 33.3 Å². The molecule has 0 saturated carbocycles. The highest BCUT2D eigenvalue weighted by Gasteiger charge is 2.13. The van der Waals surface area contributed by atoms with E-state index in [-0.39, 0.29) is 5.75 Å². The molecule has 0 aliphatic heterocycles. The number of phenolic OH excluding ortho intramolecular Hbond substituents is 1. The molecule has 4 aromatic rings. The number of pyridine rings is 1. The molecule has 0 bridgehead atoms. The minimum absolute atomic E-state index is 0.282. The molecule has 140 valence electrons. The van der Waals surface area contributed by atoms with Crippen LogP contribution in [0.15, 0.2) is 66.7 Å². The second-order valence-electron chi connectivity index (χ2n) is 6.65. The molecule has 4 rings (SSSR count). The summed E-state index contributed by atoms with van der Waals surface area (Å²) in [5, 5.41) is 12.1. The fourth-order valence-electron chi connectivity index (χ4n) is 3.37. The average Bonchev–Trinajstić information content (AvgIpc) is 2.74. The zero-order valence-electron chi connectivity index (χ0n) is 16.1. The van der Waals surface area contributed by atoms with Crippen LogP contribution in [0.5, 0.6) is 17.2 Å². The molecule has 0 unspecified atom stereocenters. The Morgan fingerprint density at radius 2 is 1.54 bits per heavy atom. The zero-order valence-corrected chi connectivity index (χ0v) is 16.1. The van der Waals surface area contributed by atoms with E-state index in [1.807, 2.05) is 49.4 Å². The number of methoxy groups -OCH3 is 2. The van der Waals surface area contributed by atoms with Gasteiger partial charge in [0.1, 0.15) is 5.75 Å². The highest BCUT2D eigenvalue weighted by Crippen LogP contribution is 2.36. The van der Waals surface area contributed by atoms with Crippen LogP contribution in [0.3, 0.4) is 0 Å². The van der Waals surface area contributed by atoms with Gasteiger partial charge in [0.25, 0.3) is 0 Å². The highest BCUT2D eigenvalue weighted by atomic mass is 16.5. The van der Waals surface area contributed by atoms with E-state index in [1.165, 1.54) is 0 Å². The van der Waals surface area contributed by atoms with Gasteiger partial charge in [-0.1, -0.05) is 24.3 Å². The van der Waals surface area contributed by atoms with Crippen molar-refractivity contribution in [2.24, 2.45) is 0 Å². The number of aryl methyl sites for hydroxylation is 1. The van der Waals surface area contributed by atoms with Crippen LogP contribution in [0.4, 0.5) is 0 Å². The highest BCUT2D eigenvalue weighted by molar-refractivity contribution is 5.97. The zero-order chi connectivity index (χ0) is 19.7. The summed E-state index contributed by atoms with van der Waals surface area (Å²) in [6.07, 6.45) is 0. The molecular weight excluding hydrogens is 350 g/mol. The number of nitrogens with zero attached hydrogens (tertiary/aromatic N) is 1. The van der Waals surface area contributed by atoms with Crippen molar-refractivity contribution >= 4 is 10.8 Å². The molecule has 3 aromatic carbocycles. The van der Waals surface area contributed by atoms with Crippen LogP contribution in [-0.2, 0) is 0 Å². The van der Waals surface area contributed by atoms with Gasteiger partial charge in [-0.15, -0.1) is 0 Å². The molecule has 0 aliphatic rings. The van der Waals surface area contributed by atoms with Gasteiger partial charge < -0.3 is 14.6 Å². The van der Waals surface area contributed by atoms with Crippen LogP contribution >= 0.6 is 0 Å². The Kier molecular flexibility index (Phi) is 4.62. The second kappa shape index (κ2) is 7.24. The first-order valence-electron chi connectivity index (χ1n) is 9.03. The van der Waals surface area contributed by atoms with E-state index in [4.69, 9.17) is 14.5 Å². The Labute approximate surface area is 164 Å². The van der Waals surface area contributed by atoms with E-state index in [0.29, 0.717) is 11.5 Å². The third-order valence-electron chi connectivity index (χ3n) is 4.89. The summed E-state index contributed by atoms with van der Waals surface area (Å²) in [5.41, 5.74) is 4.46. The molecule has 1 aromatic heterocycles. The maximum atomic E-state index is 9.90. The number of rotatable bonds is 4. The van der Waals surface area contributed by atoms with Gasteiger partial charge in [-0.3, -0.25) is 0 Å². The Balaban J connectivity index is 1.95. The molecule has 1 N–H and O–H groups in total. The Morgan fingerprint density at radius 3 is 2.29 bits per heavy atom. The summed E-state index contributed by atoms with van der Waals surface area (Å²) in [4.78, 5) is 4.97. The summed E-state index contributed by atoms with van der Waals surface area (Å²) in [6, 6.07) is 21.6. The third-order valence-corrected chi connectivity index (χ3v) is 4.89. The molecule has 0 spiro atoms. The van der Waals surface area contributed by atoms with Crippen molar-refractivity contribution in [1.82, 2.24) is 4.98 Å². The maximum absolute atomic E-state index is 9.90. The Hall–Kier alpha value is -3.53. The molecule has 0 radical (unpaired) electrons. The molecule has 1 heterocycles. The maximum Gasteiger partial charge on any atom is 0.161 e. The van der Waals surface area contributed by atoms with Crippen molar-refractivity contribution in [2.75, 3.05) is 14.2 Å². The van der Waals surface area contributed by atoms with Crippen molar-refractivity contribution in [2.45, 2.75) is 6.92 Å². The van der Waals surface area contributed by atoms with Gasteiger partial charge in [0, 0.05) is 16.5 Å². The Morgan fingerprint density at radius 1 is 0.786 bits per heavy atom. The molecule has 4 heteroatoms. The van der Waals surface area contributed by atoms with Gasteiger partial charge in [-0.25, -0.2) is 4.98 Å². The van der Waals surface area contributed by atoms with Gasteiger partial charge in [0.05, 0.1) is 25.6 Å². The fraction of sp³-hybridized carbons (Fsp3) is 0.125. The third kappa shape index (κ3) is 3.14. The number of aromatic hydroxyl groups is 1. The van der Waals surface area contributed by atoms with Crippen molar-refractivity contribution in [3.05, 3.63) is 72.3 Å². The van der Waals surface area contributed by atoms with Crippen LogP contribution in [-0.4, -0.2) is 24.3 Å². The van der Waals surface area contributed by atoms with Gasteiger partial charge in [0.15, 0.2) is 11.5 Å². The van der Waals surface area contributed by atoms with Gasteiger partial charge >= 0.3 is 0 Å². The number of phenols is 1. The number of aromatic nitrogens is 1. The molecule has 4 nitrogen and oxygen atoms in total. The van der Waals surface area contributed by atoms with Crippen molar-refractivity contribution in [3.8, 4) is 39.8 Å². The predicted octanol–water partition coefficient (Wildman–Crippen LogP) is 5.60. The number of ether oxygens (including phenoxy) is 2. The summed E-state index contributed by atoms with van der Waals surface area (Å²) in [6.45, 7) is 1.89. The molecule has 0 atom stereocenters. The largest absolute Gasteiger partial charge is 0.508 e. The van der Waals surface area contributed by atoms with E-state index >= 15 is 0 Å². The van der Waals surface area contributed by atoms with Crippen molar-refractivity contribution in [1.29, 1.82) is 0 Å². The summed E-state index contributed by atoms with van der Waals surface area (Å²) < 4.78 is 10.8. The predicted molar refractivity (Wildman–Crippen MR) is 112 cm³/mol. The number of benzene rings is 3. The van der Waals surface area contributed by atoms with Gasteiger partial charge in [0.2, 0.25) is 0 Å². The van der Waals surface area contributed by atoms with E-state index in [1.54, 1.807) is 20.3 Å². The standard InChI is InChI=1S/C24H21NO3/c1-15-12-18(8-10-21(15)26)24-19-7-5-4-6-16(19)13-20(25-24)17-9-11-22(27-2)23(14-17)28-3/h4-14,26H,1-3H3. The second-order valence-corrected chi connectivity index (χ2v) is 6.65. The topological polar surface area (TPSA) is 51.6 Å². The number of fused-ring (bicyclic) bond motifs is 1.